The van der Waals surface area contributed by atoms with Crippen LogP contribution in [-0.4, -0.2) is 12.3 Å². The second-order valence-electron chi connectivity index (χ2n) is 1.97. The Hall–Kier alpha value is -1.15. The molecule has 1 rings (SSSR count). The first kappa shape index (κ1) is 6.96. The van der Waals surface area contributed by atoms with Gasteiger partial charge in [-0.3, -0.25) is 4.79 Å². The molecule has 0 amide bonds. The molecule has 0 bridgehead atoms. The number of hydrogen-bond acceptors (Lipinski definition) is 1. The molecule has 1 N–H and O–H groups in total. The fourth-order valence-corrected chi connectivity index (χ4v) is 0.726. The SMILES string of the molecule is [NH]CC(=O)c1ccccc1. The minimum atomic E-state index is -0.163. The van der Waals surface area contributed by atoms with Crippen LogP contribution in [0, 0.1) is 0 Å². The van der Waals surface area contributed by atoms with Crippen molar-refractivity contribution in [1.82, 2.24) is 5.73 Å². The van der Waals surface area contributed by atoms with Crippen LogP contribution in [0.1, 0.15) is 10.4 Å². The molecule has 0 atom stereocenters. The van der Waals surface area contributed by atoms with Crippen LogP contribution < -0.4 is 5.73 Å². The van der Waals surface area contributed by atoms with Crippen LogP contribution in [0.25, 0.3) is 0 Å². The van der Waals surface area contributed by atoms with Crippen molar-refractivity contribution < 1.29 is 4.79 Å². The van der Waals surface area contributed by atoms with E-state index < -0.39 is 0 Å². The molecule has 1 aromatic rings. The van der Waals surface area contributed by atoms with E-state index in [1.54, 1.807) is 24.3 Å². The van der Waals surface area contributed by atoms with E-state index in [0.29, 0.717) is 5.56 Å². The fraction of sp³-hybridized carbons (Fsp3) is 0.125. The van der Waals surface area contributed by atoms with Crippen molar-refractivity contribution in [3.8, 4) is 0 Å². The van der Waals surface area contributed by atoms with Gasteiger partial charge in [-0.05, 0) is 0 Å². The van der Waals surface area contributed by atoms with Crippen LogP contribution in [0.3, 0.4) is 0 Å². The number of hydrogen-bond donors (Lipinski definition) is 0. The summed E-state index contributed by atoms with van der Waals surface area (Å²) in [6.07, 6.45) is 0. The minimum absolute atomic E-state index is 0.124. The number of carbonyl (C=O) groups excluding carboxylic acids is 1. The van der Waals surface area contributed by atoms with E-state index >= 15 is 0 Å². The molecule has 0 saturated carbocycles. The lowest BCUT2D eigenvalue weighted by Gasteiger charge is -1.93. The van der Waals surface area contributed by atoms with Crippen LogP contribution in [0.15, 0.2) is 30.3 Å². The molecule has 0 spiro atoms. The Morgan fingerprint density at radius 2 is 1.90 bits per heavy atom. The van der Waals surface area contributed by atoms with Gasteiger partial charge in [-0.2, -0.15) is 0 Å². The second-order valence-corrected chi connectivity index (χ2v) is 1.97. The van der Waals surface area contributed by atoms with Crippen LogP contribution in [0.2, 0.25) is 0 Å². The van der Waals surface area contributed by atoms with E-state index in [1.807, 2.05) is 6.07 Å². The lowest BCUT2D eigenvalue weighted by molar-refractivity contribution is 0.0999. The van der Waals surface area contributed by atoms with Crippen LogP contribution in [0.5, 0.6) is 0 Å². The highest BCUT2D eigenvalue weighted by Crippen LogP contribution is 1.97. The Morgan fingerprint density at radius 3 is 2.40 bits per heavy atom. The molecular formula is C8H8NO. The maximum Gasteiger partial charge on any atom is 0.177 e. The molecule has 0 unspecified atom stereocenters. The Morgan fingerprint density at radius 1 is 1.30 bits per heavy atom. The molecule has 0 fully saturated rings. The van der Waals surface area contributed by atoms with Crippen molar-refractivity contribution in [3.63, 3.8) is 0 Å². The zero-order valence-corrected chi connectivity index (χ0v) is 5.50. The number of Topliss-reactive ketones (excluding diaryl/α,β-unsaturated/α-hetero) is 1. The van der Waals surface area contributed by atoms with E-state index in [0.717, 1.165) is 0 Å². The van der Waals surface area contributed by atoms with Crippen LogP contribution >= 0.6 is 0 Å². The zero-order valence-electron chi connectivity index (χ0n) is 5.50. The fourth-order valence-electron chi connectivity index (χ4n) is 0.726. The lowest BCUT2D eigenvalue weighted by atomic mass is 10.1. The molecule has 0 aliphatic rings. The van der Waals surface area contributed by atoms with Gasteiger partial charge in [-0.25, -0.2) is 5.73 Å². The molecule has 1 aromatic carbocycles. The van der Waals surface area contributed by atoms with Crippen LogP contribution in [0.4, 0.5) is 0 Å². The molecule has 2 heteroatoms. The van der Waals surface area contributed by atoms with Gasteiger partial charge in [0.1, 0.15) is 0 Å². The Bertz CT molecular complexity index is 218. The largest absolute Gasteiger partial charge is 0.293 e. The van der Waals surface area contributed by atoms with Gasteiger partial charge in [0.05, 0.1) is 6.54 Å². The highest BCUT2D eigenvalue weighted by atomic mass is 16.1. The average Bonchev–Trinajstić information content (AvgIpc) is 2.05. The molecule has 10 heavy (non-hydrogen) atoms. The van der Waals surface area contributed by atoms with Crippen molar-refractivity contribution in [2.45, 2.75) is 0 Å². The first-order valence-electron chi connectivity index (χ1n) is 3.07. The van der Waals surface area contributed by atoms with E-state index in [9.17, 15) is 4.79 Å². The van der Waals surface area contributed by atoms with Crippen molar-refractivity contribution in [1.29, 1.82) is 0 Å². The van der Waals surface area contributed by atoms with Gasteiger partial charge >= 0.3 is 0 Å². The van der Waals surface area contributed by atoms with Crippen molar-refractivity contribution in [2.24, 2.45) is 0 Å². The third-order valence-corrected chi connectivity index (χ3v) is 1.26. The summed E-state index contributed by atoms with van der Waals surface area (Å²) in [7, 11) is 0. The van der Waals surface area contributed by atoms with E-state index in [2.05, 4.69) is 0 Å². The molecule has 1 radical (unpaired) electrons. The lowest BCUT2D eigenvalue weighted by Crippen LogP contribution is -2.04. The van der Waals surface area contributed by atoms with Gasteiger partial charge in [0.25, 0.3) is 0 Å². The third-order valence-electron chi connectivity index (χ3n) is 1.26. The predicted octanol–water partition coefficient (Wildman–Crippen LogP) is 1.15. The van der Waals surface area contributed by atoms with Gasteiger partial charge in [0.2, 0.25) is 0 Å². The normalized spacial score (nSPS) is 9.30. The molecule has 0 aliphatic heterocycles. The summed E-state index contributed by atoms with van der Waals surface area (Å²) in [5, 5.41) is 0. The van der Waals surface area contributed by atoms with E-state index in [4.69, 9.17) is 5.73 Å². The monoisotopic (exact) mass is 134 g/mol. The highest BCUT2D eigenvalue weighted by Gasteiger charge is 1.99. The minimum Gasteiger partial charge on any atom is -0.293 e. The summed E-state index contributed by atoms with van der Waals surface area (Å²) in [5.41, 5.74) is 7.42. The standard InChI is InChI=1S/C8H8NO/c9-6-8(10)7-4-2-1-3-5-7/h1-5,9H,6H2. The summed E-state index contributed by atoms with van der Waals surface area (Å²) in [6, 6.07) is 8.88. The zero-order chi connectivity index (χ0) is 7.40. The maximum atomic E-state index is 10.8. The Labute approximate surface area is 59.7 Å². The van der Waals surface area contributed by atoms with E-state index in [-0.39, 0.29) is 12.3 Å². The summed E-state index contributed by atoms with van der Waals surface area (Å²) < 4.78 is 0. The maximum absolute atomic E-state index is 10.8. The van der Waals surface area contributed by atoms with Crippen molar-refractivity contribution >= 4 is 5.78 Å². The number of benzene rings is 1. The average molecular weight is 134 g/mol. The predicted molar refractivity (Wildman–Crippen MR) is 38.7 cm³/mol. The molecule has 0 aromatic heterocycles. The van der Waals surface area contributed by atoms with Crippen molar-refractivity contribution in [3.05, 3.63) is 35.9 Å². The molecule has 0 heterocycles. The quantitative estimate of drug-likeness (QED) is 0.559. The molecular weight excluding hydrogens is 126 g/mol. The number of nitrogens with one attached hydrogen (secondary N) is 1. The molecule has 0 aliphatic carbocycles. The summed E-state index contributed by atoms with van der Waals surface area (Å²) in [5.74, 6) is -0.124. The van der Waals surface area contributed by atoms with Crippen LogP contribution in [-0.2, 0) is 0 Å². The summed E-state index contributed by atoms with van der Waals surface area (Å²) >= 11 is 0. The van der Waals surface area contributed by atoms with E-state index in [1.165, 1.54) is 0 Å². The molecule has 51 valence electrons. The van der Waals surface area contributed by atoms with Crippen molar-refractivity contribution in [2.75, 3.05) is 6.54 Å². The van der Waals surface area contributed by atoms with Gasteiger partial charge in [-0.1, -0.05) is 30.3 Å². The first-order valence-corrected chi connectivity index (χ1v) is 3.07. The van der Waals surface area contributed by atoms with Gasteiger partial charge in [0, 0.05) is 5.56 Å². The van der Waals surface area contributed by atoms with Gasteiger partial charge in [0.15, 0.2) is 5.78 Å². The second kappa shape index (κ2) is 3.13. The van der Waals surface area contributed by atoms with Gasteiger partial charge in [-0.15, -0.1) is 0 Å². The first-order chi connectivity index (χ1) is 4.84. The summed E-state index contributed by atoms with van der Waals surface area (Å²) in [4.78, 5) is 10.8. The smallest absolute Gasteiger partial charge is 0.177 e. The molecule has 0 saturated heterocycles. The number of carbonyl (C=O) groups is 1. The third kappa shape index (κ3) is 1.42. The van der Waals surface area contributed by atoms with Gasteiger partial charge < -0.3 is 0 Å². The topological polar surface area (TPSA) is 40.9 Å². The Kier molecular flexibility index (Phi) is 2.18. The number of rotatable bonds is 2. The highest BCUT2D eigenvalue weighted by molar-refractivity contribution is 5.97. The summed E-state index contributed by atoms with van der Waals surface area (Å²) in [6.45, 7) is -0.163. The number of ketones is 1. The Balaban J connectivity index is 2.85. The molecule has 2 nitrogen and oxygen atoms in total.